The van der Waals surface area contributed by atoms with Crippen molar-refractivity contribution in [1.82, 2.24) is 5.32 Å². The van der Waals surface area contributed by atoms with Crippen molar-refractivity contribution in [3.8, 4) is 0 Å². The summed E-state index contributed by atoms with van der Waals surface area (Å²) in [5.41, 5.74) is 0.534. The van der Waals surface area contributed by atoms with Gasteiger partial charge in [-0.15, -0.1) is 0 Å². The molecule has 2 N–H and O–H groups in total. The third-order valence-electron chi connectivity index (χ3n) is 5.75. The van der Waals surface area contributed by atoms with E-state index in [9.17, 15) is 5.11 Å². The molecule has 1 aliphatic heterocycles. The van der Waals surface area contributed by atoms with Crippen molar-refractivity contribution in [1.29, 1.82) is 0 Å². The van der Waals surface area contributed by atoms with Gasteiger partial charge >= 0.3 is 0 Å². The largest absolute Gasteiger partial charge is 0.394 e. The van der Waals surface area contributed by atoms with E-state index in [0.717, 1.165) is 26.1 Å². The molecular weight excluding hydrogens is 226 g/mol. The van der Waals surface area contributed by atoms with Crippen LogP contribution in [0.5, 0.6) is 0 Å². The predicted molar refractivity (Wildman–Crippen MR) is 71.5 cm³/mol. The van der Waals surface area contributed by atoms with Gasteiger partial charge in [-0.3, -0.25) is 0 Å². The summed E-state index contributed by atoms with van der Waals surface area (Å²) in [5, 5.41) is 13.6. The lowest BCUT2D eigenvalue weighted by Gasteiger charge is -2.56. The Hall–Kier alpha value is -0.120. The van der Waals surface area contributed by atoms with Crippen LogP contribution in [-0.4, -0.2) is 36.5 Å². The molecule has 1 unspecified atom stereocenters. The maximum absolute atomic E-state index is 9.78. The SMILES string of the molecule is OCC1(NC2CCC23CCCCC3)CCOCC1. The molecule has 2 saturated carbocycles. The van der Waals surface area contributed by atoms with Crippen molar-refractivity contribution < 1.29 is 9.84 Å². The van der Waals surface area contributed by atoms with Crippen LogP contribution >= 0.6 is 0 Å². The molecule has 0 bridgehead atoms. The molecule has 3 rings (SSSR count). The minimum absolute atomic E-state index is 0.0478. The second kappa shape index (κ2) is 5.10. The predicted octanol–water partition coefficient (Wildman–Crippen LogP) is 2.23. The van der Waals surface area contributed by atoms with E-state index in [1.165, 1.54) is 44.9 Å². The van der Waals surface area contributed by atoms with Crippen molar-refractivity contribution >= 4 is 0 Å². The number of rotatable bonds is 3. The first-order valence-electron chi connectivity index (χ1n) is 7.75. The Morgan fingerprint density at radius 2 is 1.72 bits per heavy atom. The zero-order chi connectivity index (χ0) is 12.5. The second-order valence-electron chi connectivity index (χ2n) is 6.71. The summed E-state index contributed by atoms with van der Waals surface area (Å²) in [7, 11) is 0. The van der Waals surface area contributed by atoms with E-state index < -0.39 is 0 Å². The molecule has 1 heterocycles. The van der Waals surface area contributed by atoms with Crippen LogP contribution < -0.4 is 5.32 Å². The molecule has 1 saturated heterocycles. The maximum atomic E-state index is 9.78. The maximum Gasteiger partial charge on any atom is 0.0615 e. The van der Waals surface area contributed by atoms with Gasteiger partial charge < -0.3 is 15.2 Å². The fourth-order valence-electron chi connectivity index (χ4n) is 4.26. The normalized spacial score (nSPS) is 34.2. The lowest BCUT2D eigenvalue weighted by molar-refractivity contribution is -0.0420. The molecule has 0 amide bonds. The average Bonchev–Trinajstić information content (AvgIpc) is 2.46. The van der Waals surface area contributed by atoms with E-state index in [-0.39, 0.29) is 12.1 Å². The Balaban J connectivity index is 1.64. The van der Waals surface area contributed by atoms with E-state index in [4.69, 9.17) is 4.74 Å². The molecule has 0 aromatic heterocycles. The number of aliphatic hydroxyl groups is 1. The molecule has 3 nitrogen and oxygen atoms in total. The van der Waals surface area contributed by atoms with Gasteiger partial charge in [0.25, 0.3) is 0 Å². The van der Waals surface area contributed by atoms with Gasteiger partial charge in [0, 0.05) is 24.8 Å². The first-order valence-corrected chi connectivity index (χ1v) is 7.75. The molecule has 3 aliphatic rings. The summed E-state index contributed by atoms with van der Waals surface area (Å²) < 4.78 is 5.45. The zero-order valence-corrected chi connectivity index (χ0v) is 11.4. The van der Waals surface area contributed by atoms with Crippen molar-refractivity contribution in [2.45, 2.75) is 69.4 Å². The van der Waals surface area contributed by atoms with E-state index in [2.05, 4.69) is 5.32 Å². The number of ether oxygens (including phenoxy) is 1. The zero-order valence-electron chi connectivity index (χ0n) is 11.4. The summed E-state index contributed by atoms with van der Waals surface area (Å²) >= 11 is 0. The quantitative estimate of drug-likeness (QED) is 0.810. The van der Waals surface area contributed by atoms with Gasteiger partial charge in [0.2, 0.25) is 0 Å². The molecular formula is C15H27NO2. The van der Waals surface area contributed by atoms with Crippen LogP contribution in [-0.2, 0) is 4.74 Å². The van der Waals surface area contributed by atoms with Crippen LogP contribution in [0.15, 0.2) is 0 Å². The average molecular weight is 253 g/mol. The second-order valence-corrected chi connectivity index (χ2v) is 6.71. The molecule has 3 heteroatoms. The minimum Gasteiger partial charge on any atom is -0.394 e. The Labute approximate surface area is 110 Å². The number of hydrogen-bond donors (Lipinski definition) is 2. The van der Waals surface area contributed by atoms with Crippen molar-refractivity contribution in [3.05, 3.63) is 0 Å². The molecule has 104 valence electrons. The summed E-state index contributed by atoms with van der Waals surface area (Å²) in [5.74, 6) is 0. The van der Waals surface area contributed by atoms with Crippen LogP contribution in [0.3, 0.4) is 0 Å². The lowest BCUT2D eigenvalue weighted by atomic mass is 9.57. The van der Waals surface area contributed by atoms with E-state index in [0.29, 0.717) is 11.5 Å². The molecule has 0 aromatic rings. The van der Waals surface area contributed by atoms with Crippen LogP contribution in [0, 0.1) is 5.41 Å². The van der Waals surface area contributed by atoms with E-state index in [1.807, 2.05) is 0 Å². The van der Waals surface area contributed by atoms with Crippen molar-refractivity contribution in [2.24, 2.45) is 5.41 Å². The summed E-state index contributed by atoms with van der Waals surface area (Å²) in [4.78, 5) is 0. The third-order valence-corrected chi connectivity index (χ3v) is 5.75. The van der Waals surface area contributed by atoms with E-state index >= 15 is 0 Å². The first-order chi connectivity index (χ1) is 8.79. The van der Waals surface area contributed by atoms with Gasteiger partial charge in [-0.2, -0.15) is 0 Å². The summed E-state index contributed by atoms with van der Waals surface area (Å²) in [6.07, 6.45) is 11.7. The smallest absolute Gasteiger partial charge is 0.0615 e. The first kappa shape index (κ1) is 12.9. The molecule has 3 fully saturated rings. The molecule has 1 atom stereocenters. The third kappa shape index (κ3) is 2.21. The van der Waals surface area contributed by atoms with Gasteiger partial charge in [0.15, 0.2) is 0 Å². The van der Waals surface area contributed by atoms with Crippen LogP contribution in [0.1, 0.15) is 57.8 Å². The highest BCUT2D eigenvalue weighted by molar-refractivity contribution is 5.05. The molecule has 0 aromatic carbocycles. The van der Waals surface area contributed by atoms with Crippen molar-refractivity contribution in [3.63, 3.8) is 0 Å². The fourth-order valence-corrected chi connectivity index (χ4v) is 4.26. The summed E-state index contributed by atoms with van der Waals surface area (Å²) in [6, 6.07) is 0.656. The molecule has 18 heavy (non-hydrogen) atoms. The number of hydrogen-bond acceptors (Lipinski definition) is 3. The molecule has 1 spiro atoms. The fraction of sp³-hybridized carbons (Fsp3) is 1.00. The Morgan fingerprint density at radius 1 is 1.00 bits per heavy atom. The molecule has 0 radical (unpaired) electrons. The standard InChI is InChI=1S/C15H27NO2/c17-12-15(8-10-18-11-9-15)16-13-4-7-14(13)5-2-1-3-6-14/h13,16-17H,1-12H2. The highest BCUT2D eigenvalue weighted by atomic mass is 16.5. The number of aliphatic hydroxyl groups excluding tert-OH is 1. The topological polar surface area (TPSA) is 41.5 Å². The van der Waals surface area contributed by atoms with Gasteiger partial charge in [-0.1, -0.05) is 19.3 Å². The number of nitrogens with one attached hydrogen (secondary N) is 1. The highest BCUT2D eigenvalue weighted by Gasteiger charge is 2.49. The minimum atomic E-state index is -0.0478. The van der Waals surface area contributed by atoms with Crippen LogP contribution in [0.2, 0.25) is 0 Å². The van der Waals surface area contributed by atoms with E-state index in [1.54, 1.807) is 0 Å². The Kier molecular flexibility index (Phi) is 3.65. The van der Waals surface area contributed by atoms with Gasteiger partial charge in [0.1, 0.15) is 0 Å². The van der Waals surface area contributed by atoms with Crippen LogP contribution in [0.25, 0.3) is 0 Å². The lowest BCUT2D eigenvalue weighted by Crippen LogP contribution is -2.64. The Morgan fingerprint density at radius 3 is 2.28 bits per heavy atom. The highest BCUT2D eigenvalue weighted by Crippen LogP contribution is 2.52. The van der Waals surface area contributed by atoms with Crippen LogP contribution in [0.4, 0.5) is 0 Å². The van der Waals surface area contributed by atoms with Crippen molar-refractivity contribution in [2.75, 3.05) is 19.8 Å². The monoisotopic (exact) mass is 253 g/mol. The van der Waals surface area contributed by atoms with Gasteiger partial charge in [-0.05, 0) is 43.9 Å². The van der Waals surface area contributed by atoms with Gasteiger partial charge in [0.05, 0.1) is 6.61 Å². The Bertz CT molecular complexity index is 280. The van der Waals surface area contributed by atoms with Gasteiger partial charge in [-0.25, -0.2) is 0 Å². The molecule has 2 aliphatic carbocycles. The summed E-state index contributed by atoms with van der Waals surface area (Å²) in [6.45, 7) is 1.86.